The Morgan fingerprint density at radius 2 is 1.84 bits per heavy atom. The van der Waals surface area contributed by atoms with E-state index in [1.807, 2.05) is 45.0 Å². The standard InChI is InChI=1S/C29H40N2O5S/c1-29(2,3)36-28(32)27(25-14-7-15-30-25)35-26-19-23(18-21-11-4-5-13-24(21)26)37(33,34)31-16-8-10-20-9-6-12-22(31)17-20/h4-5,11,13,18-20,22,25,27,30H,6-10,12,14-17H2,1-3H3. The summed E-state index contributed by atoms with van der Waals surface area (Å²) in [6.45, 7) is 6.87. The largest absolute Gasteiger partial charge is 0.476 e. The molecular formula is C29H40N2O5S. The van der Waals surface area contributed by atoms with Gasteiger partial charge in [-0.15, -0.1) is 0 Å². The Morgan fingerprint density at radius 1 is 1.05 bits per heavy atom. The van der Waals surface area contributed by atoms with Crippen molar-refractivity contribution in [2.45, 2.75) is 101 Å². The first kappa shape index (κ1) is 26.4. The molecule has 0 radical (unpaired) electrons. The lowest BCUT2D eigenvalue weighted by Gasteiger charge is -2.33. The number of rotatable bonds is 6. The van der Waals surface area contributed by atoms with Gasteiger partial charge in [-0.25, -0.2) is 13.2 Å². The van der Waals surface area contributed by atoms with Crippen molar-refractivity contribution in [2.24, 2.45) is 5.92 Å². The van der Waals surface area contributed by atoms with Crippen molar-refractivity contribution in [3.05, 3.63) is 36.4 Å². The second kappa shape index (κ2) is 10.5. The minimum absolute atomic E-state index is 0.0549. The Labute approximate surface area is 220 Å². The average Bonchev–Trinajstić information content (AvgIpc) is 3.33. The molecule has 0 spiro atoms. The number of carbonyl (C=O) groups excluding carboxylic acids is 1. The first-order chi connectivity index (χ1) is 17.6. The highest BCUT2D eigenvalue weighted by molar-refractivity contribution is 7.89. The van der Waals surface area contributed by atoms with Crippen LogP contribution in [0.15, 0.2) is 41.3 Å². The molecule has 3 fully saturated rings. The fourth-order valence-electron chi connectivity index (χ4n) is 6.21. The molecule has 37 heavy (non-hydrogen) atoms. The predicted octanol–water partition coefficient (Wildman–Crippen LogP) is 5.02. The summed E-state index contributed by atoms with van der Waals surface area (Å²) in [7, 11) is -3.73. The number of ether oxygens (including phenoxy) is 2. The second-order valence-corrected chi connectivity index (χ2v) is 13.8. The second-order valence-electron chi connectivity index (χ2n) is 11.9. The van der Waals surface area contributed by atoms with E-state index in [2.05, 4.69) is 5.32 Å². The first-order valence-electron chi connectivity index (χ1n) is 13.8. The van der Waals surface area contributed by atoms with Gasteiger partial charge < -0.3 is 14.8 Å². The van der Waals surface area contributed by atoms with Gasteiger partial charge in [-0.05, 0) is 83.2 Å². The summed E-state index contributed by atoms with van der Waals surface area (Å²) in [6.07, 6.45) is 7.01. The number of benzene rings is 2. The number of fused-ring (bicyclic) bond motifs is 3. The van der Waals surface area contributed by atoms with Crippen molar-refractivity contribution < 1.29 is 22.7 Å². The Hall–Kier alpha value is -2.16. The van der Waals surface area contributed by atoms with Crippen LogP contribution >= 0.6 is 0 Å². The highest BCUT2D eigenvalue weighted by Crippen LogP contribution is 2.38. The van der Waals surface area contributed by atoms with Gasteiger partial charge in [0.25, 0.3) is 0 Å². The lowest BCUT2D eigenvalue weighted by atomic mass is 9.84. The van der Waals surface area contributed by atoms with Crippen molar-refractivity contribution in [3.63, 3.8) is 0 Å². The van der Waals surface area contributed by atoms with E-state index in [1.165, 1.54) is 6.42 Å². The SMILES string of the molecule is CC(C)(C)OC(=O)C(Oc1cc(S(=O)(=O)N2CCCC3CCCC2C3)cc2ccccc12)C1CCCN1. The number of nitrogens with zero attached hydrogens (tertiary/aromatic N) is 1. The number of carbonyl (C=O) groups is 1. The number of sulfonamides is 1. The maximum Gasteiger partial charge on any atom is 0.349 e. The Balaban J connectivity index is 1.53. The monoisotopic (exact) mass is 528 g/mol. The van der Waals surface area contributed by atoms with Gasteiger partial charge in [0.2, 0.25) is 16.1 Å². The highest BCUT2D eigenvalue weighted by Gasteiger charge is 2.39. The minimum atomic E-state index is -3.73. The molecule has 1 saturated carbocycles. The zero-order valence-corrected chi connectivity index (χ0v) is 23.1. The van der Waals surface area contributed by atoms with E-state index in [0.29, 0.717) is 18.2 Å². The van der Waals surface area contributed by atoms with E-state index in [4.69, 9.17) is 9.47 Å². The number of nitrogens with one attached hydrogen (secondary N) is 1. The van der Waals surface area contributed by atoms with E-state index >= 15 is 0 Å². The fourth-order valence-corrected chi connectivity index (χ4v) is 7.97. The van der Waals surface area contributed by atoms with E-state index in [0.717, 1.165) is 62.3 Å². The molecule has 2 heterocycles. The van der Waals surface area contributed by atoms with Gasteiger partial charge in [0, 0.05) is 24.0 Å². The zero-order valence-electron chi connectivity index (χ0n) is 22.2. The molecule has 2 saturated heterocycles. The zero-order chi connectivity index (χ0) is 26.2. The van der Waals surface area contributed by atoms with Crippen LogP contribution in [0.3, 0.4) is 0 Å². The van der Waals surface area contributed by atoms with Crippen molar-refractivity contribution in [1.82, 2.24) is 9.62 Å². The average molecular weight is 529 g/mol. The van der Waals surface area contributed by atoms with Gasteiger partial charge >= 0.3 is 5.97 Å². The minimum Gasteiger partial charge on any atom is -0.476 e. The van der Waals surface area contributed by atoms with Crippen molar-refractivity contribution in [1.29, 1.82) is 0 Å². The number of esters is 1. The van der Waals surface area contributed by atoms with E-state index in [1.54, 1.807) is 16.4 Å². The molecule has 2 aliphatic heterocycles. The smallest absolute Gasteiger partial charge is 0.349 e. The molecule has 8 heteroatoms. The molecule has 1 N–H and O–H groups in total. The topological polar surface area (TPSA) is 84.9 Å². The summed E-state index contributed by atoms with van der Waals surface area (Å²) >= 11 is 0. The van der Waals surface area contributed by atoms with E-state index in [-0.39, 0.29) is 17.0 Å². The summed E-state index contributed by atoms with van der Waals surface area (Å²) in [6, 6.07) is 10.8. The Morgan fingerprint density at radius 3 is 2.59 bits per heavy atom. The maximum atomic E-state index is 14.1. The summed E-state index contributed by atoms with van der Waals surface area (Å²) in [4.78, 5) is 13.5. The molecule has 1 aliphatic carbocycles. The normalized spacial score (nSPS) is 26.0. The van der Waals surface area contributed by atoms with Crippen LogP contribution in [0.5, 0.6) is 5.75 Å². The molecule has 202 valence electrons. The van der Waals surface area contributed by atoms with Crippen LogP contribution in [0.4, 0.5) is 0 Å². The van der Waals surface area contributed by atoms with Crippen LogP contribution < -0.4 is 10.1 Å². The van der Waals surface area contributed by atoms with Gasteiger partial charge in [0.05, 0.1) is 10.9 Å². The third-order valence-corrected chi connectivity index (χ3v) is 9.84. The molecule has 7 nitrogen and oxygen atoms in total. The van der Waals surface area contributed by atoms with Crippen molar-refractivity contribution >= 4 is 26.8 Å². The molecule has 4 atom stereocenters. The molecule has 2 aromatic carbocycles. The van der Waals surface area contributed by atoms with Gasteiger partial charge in [-0.1, -0.05) is 37.1 Å². The molecule has 4 unspecified atom stereocenters. The van der Waals surface area contributed by atoms with Crippen LogP contribution in [0.2, 0.25) is 0 Å². The molecular weight excluding hydrogens is 488 g/mol. The molecule has 5 rings (SSSR count). The van der Waals surface area contributed by atoms with Crippen LogP contribution in [-0.4, -0.2) is 55.6 Å². The van der Waals surface area contributed by atoms with Crippen LogP contribution in [0, 0.1) is 5.92 Å². The molecule has 3 aliphatic rings. The third kappa shape index (κ3) is 5.81. The lowest BCUT2D eigenvalue weighted by molar-refractivity contribution is -0.164. The molecule has 2 aromatic rings. The van der Waals surface area contributed by atoms with Gasteiger partial charge in [0.1, 0.15) is 11.4 Å². The fraction of sp³-hybridized carbons (Fsp3) is 0.621. The Kier molecular flexibility index (Phi) is 7.53. The van der Waals surface area contributed by atoms with Crippen molar-refractivity contribution in [2.75, 3.05) is 13.1 Å². The van der Waals surface area contributed by atoms with Crippen molar-refractivity contribution in [3.8, 4) is 5.75 Å². The van der Waals surface area contributed by atoms with Gasteiger partial charge in [0.15, 0.2) is 0 Å². The lowest BCUT2D eigenvalue weighted by Crippen LogP contribution is -2.47. The summed E-state index contributed by atoms with van der Waals surface area (Å²) in [5, 5.41) is 4.92. The van der Waals surface area contributed by atoms with E-state index in [9.17, 15) is 13.2 Å². The van der Waals surface area contributed by atoms with Crippen LogP contribution in [-0.2, 0) is 19.6 Å². The quantitative estimate of drug-likeness (QED) is 0.530. The molecule has 0 aromatic heterocycles. The third-order valence-electron chi connectivity index (χ3n) is 7.91. The van der Waals surface area contributed by atoms with Gasteiger partial charge in [-0.3, -0.25) is 0 Å². The van der Waals surface area contributed by atoms with Crippen LogP contribution in [0.1, 0.15) is 72.1 Å². The maximum absolute atomic E-state index is 14.1. The predicted molar refractivity (Wildman–Crippen MR) is 144 cm³/mol. The highest BCUT2D eigenvalue weighted by atomic mass is 32.2. The first-order valence-corrected chi connectivity index (χ1v) is 15.2. The Bertz CT molecular complexity index is 1230. The number of hydrogen-bond acceptors (Lipinski definition) is 6. The summed E-state index contributed by atoms with van der Waals surface area (Å²) < 4.78 is 42.0. The van der Waals surface area contributed by atoms with Crippen LogP contribution in [0.25, 0.3) is 10.8 Å². The number of hydrogen-bond donors (Lipinski definition) is 1. The molecule has 0 amide bonds. The summed E-state index contributed by atoms with van der Waals surface area (Å²) in [5.41, 5.74) is -0.658. The molecule has 2 bridgehead atoms. The summed E-state index contributed by atoms with van der Waals surface area (Å²) in [5.74, 6) is 0.588. The van der Waals surface area contributed by atoms with Gasteiger partial charge in [-0.2, -0.15) is 4.31 Å². The van der Waals surface area contributed by atoms with E-state index < -0.39 is 27.7 Å².